The van der Waals surface area contributed by atoms with Gasteiger partial charge in [-0.2, -0.15) is 28.2 Å². The third kappa shape index (κ3) is 8.53. The summed E-state index contributed by atoms with van der Waals surface area (Å²) in [5.41, 5.74) is 2.84. The maximum Gasteiger partial charge on any atom is 0.422 e. The summed E-state index contributed by atoms with van der Waals surface area (Å²) in [6, 6.07) is 5.77. The number of anilines is 1. The van der Waals surface area contributed by atoms with Crippen LogP contribution >= 0.6 is 0 Å². The van der Waals surface area contributed by atoms with Crippen molar-refractivity contribution in [3.63, 3.8) is 0 Å². The minimum Gasteiger partial charge on any atom is -0.481 e. The Morgan fingerprint density at radius 2 is 1.79 bits per heavy atom. The number of likely N-dealkylation sites (tertiary alicyclic amines) is 2. The second-order valence-electron chi connectivity index (χ2n) is 16.3. The van der Waals surface area contributed by atoms with Crippen LogP contribution in [-0.4, -0.2) is 120 Å². The first kappa shape index (κ1) is 39.6. The van der Waals surface area contributed by atoms with Crippen LogP contribution in [0, 0.1) is 12.3 Å². The van der Waals surface area contributed by atoms with Gasteiger partial charge < -0.3 is 33.6 Å². The molecular weight excluding hydrogens is 727 g/mol. The number of nitrogens with zero attached hydrogens (tertiary/aromatic N) is 6. The van der Waals surface area contributed by atoms with Gasteiger partial charge in [-0.05, 0) is 89.1 Å². The number of hydrogen-bond donors (Lipinski definition) is 1. The molecule has 0 unspecified atom stereocenters. The van der Waals surface area contributed by atoms with Crippen molar-refractivity contribution in [1.82, 2.24) is 30.0 Å². The number of piperidine rings is 2. The van der Waals surface area contributed by atoms with E-state index in [0.717, 1.165) is 61.8 Å². The number of hydrogen-bond acceptors (Lipinski definition) is 10. The number of halogens is 3. The molecule has 0 bridgehead atoms. The Bertz CT molecular complexity index is 2060. The van der Waals surface area contributed by atoms with Crippen LogP contribution in [0.1, 0.15) is 64.5 Å². The molecular formula is C41H52F3N7O5. The highest BCUT2D eigenvalue weighted by Gasteiger charge is 2.48. The fraction of sp³-hybridized carbons (Fsp3) is 0.561. The van der Waals surface area contributed by atoms with E-state index in [1.165, 1.54) is 0 Å². The monoisotopic (exact) mass is 779 g/mol. The van der Waals surface area contributed by atoms with Gasteiger partial charge in [-0.1, -0.05) is 18.7 Å². The molecule has 3 aliphatic heterocycles. The number of alkyl halides is 3. The highest BCUT2D eigenvalue weighted by atomic mass is 19.4. The van der Waals surface area contributed by atoms with Gasteiger partial charge in [-0.3, -0.25) is 5.10 Å². The fourth-order valence-corrected chi connectivity index (χ4v) is 8.15. The zero-order chi connectivity index (χ0) is 39.8. The van der Waals surface area contributed by atoms with E-state index in [1.54, 1.807) is 17.2 Å². The van der Waals surface area contributed by atoms with Crippen molar-refractivity contribution in [3.05, 3.63) is 42.1 Å². The lowest BCUT2D eigenvalue weighted by Gasteiger charge is -2.53. The van der Waals surface area contributed by atoms with Crippen LogP contribution in [-0.2, 0) is 9.47 Å². The Labute approximate surface area is 325 Å². The Morgan fingerprint density at radius 1 is 1.05 bits per heavy atom. The lowest BCUT2D eigenvalue weighted by molar-refractivity contribution is -0.153. The molecule has 7 rings (SSSR count). The van der Waals surface area contributed by atoms with Crippen molar-refractivity contribution in [2.24, 2.45) is 5.41 Å². The molecule has 56 heavy (non-hydrogen) atoms. The molecule has 15 heteroatoms. The van der Waals surface area contributed by atoms with Crippen molar-refractivity contribution in [2.45, 2.75) is 78.2 Å². The number of carbonyl (C=O) groups excluding carboxylic acids is 1. The average Bonchev–Trinajstić information content (AvgIpc) is 3.61. The zero-order valence-electron chi connectivity index (χ0n) is 32.9. The standard InChI is InChI=1S/C41H52F3N7O5/c1-7-27-21-29-34(35(54-25-41(42,43)44)33(27)32-26(3)9-10-31-30(32)22-45-48-31)46-37(55-28-11-15-49(16-12-28)19-20-53-8-2)47-36(29)50-17-13-40(14-18-50)23-51(24-40)38(52)56-39(4,5)6/h7,9-10,21-22,28H,1,8,11-20,23-25H2,2-6H3,(H,45,48). The Hall–Kier alpha value is -4.63. The van der Waals surface area contributed by atoms with Gasteiger partial charge in [0, 0.05) is 74.2 Å². The van der Waals surface area contributed by atoms with Gasteiger partial charge in [-0.15, -0.1) is 0 Å². The zero-order valence-corrected chi connectivity index (χ0v) is 32.9. The molecule has 0 saturated carbocycles. The number of H-pyrrole nitrogens is 1. The lowest BCUT2D eigenvalue weighted by Crippen LogP contribution is -2.62. The van der Waals surface area contributed by atoms with Crippen LogP contribution in [0.5, 0.6) is 11.8 Å². The molecule has 12 nitrogen and oxygen atoms in total. The minimum absolute atomic E-state index is 0.0220. The van der Waals surface area contributed by atoms with Crippen LogP contribution in [0.3, 0.4) is 0 Å². The highest BCUT2D eigenvalue weighted by Crippen LogP contribution is 2.48. The van der Waals surface area contributed by atoms with E-state index >= 15 is 0 Å². The van der Waals surface area contributed by atoms with Crippen LogP contribution < -0.4 is 14.4 Å². The summed E-state index contributed by atoms with van der Waals surface area (Å²) < 4.78 is 65.6. The minimum atomic E-state index is -4.62. The number of fused-ring (bicyclic) bond motifs is 2. The number of rotatable bonds is 11. The van der Waals surface area contributed by atoms with Crippen LogP contribution in [0.4, 0.5) is 23.8 Å². The number of aryl methyl sites for hydroxylation is 1. The lowest BCUT2D eigenvalue weighted by atomic mass is 9.72. The van der Waals surface area contributed by atoms with E-state index in [2.05, 4.69) is 26.6 Å². The maximum absolute atomic E-state index is 14.0. The largest absolute Gasteiger partial charge is 0.481 e. The number of nitrogens with one attached hydrogen (secondary N) is 1. The predicted octanol–water partition coefficient (Wildman–Crippen LogP) is 7.78. The first-order valence-electron chi connectivity index (χ1n) is 19.5. The molecule has 3 saturated heterocycles. The smallest absolute Gasteiger partial charge is 0.422 e. The Kier molecular flexibility index (Phi) is 11.1. The van der Waals surface area contributed by atoms with E-state index in [9.17, 15) is 18.0 Å². The van der Waals surface area contributed by atoms with E-state index < -0.39 is 18.4 Å². The maximum atomic E-state index is 14.0. The molecule has 4 aromatic rings. The van der Waals surface area contributed by atoms with Crippen molar-refractivity contribution < 1.29 is 36.9 Å². The van der Waals surface area contributed by atoms with Crippen molar-refractivity contribution in [3.8, 4) is 22.9 Å². The number of benzene rings is 2. The van der Waals surface area contributed by atoms with E-state index in [4.69, 9.17) is 28.9 Å². The predicted molar refractivity (Wildman–Crippen MR) is 209 cm³/mol. The number of aromatic nitrogens is 4. The molecule has 1 amide bonds. The van der Waals surface area contributed by atoms with E-state index in [1.807, 2.05) is 52.8 Å². The molecule has 3 aliphatic rings. The summed E-state index contributed by atoms with van der Waals surface area (Å²) in [6.45, 7) is 18.3. The first-order chi connectivity index (χ1) is 26.7. The summed E-state index contributed by atoms with van der Waals surface area (Å²) in [7, 11) is 0. The Morgan fingerprint density at radius 3 is 2.45 bits per heavy atom. The van der Waals surface area contributed by atoms with Crippen molar-refractivity contribution in [2.75, 3.05) is 70.5 Å². The quantitative estimate of drug-likeness (QED) is 0.151. The topological polar surface area (TPSA) is 118 Å². The van der Waals surface area contributed by atoms with E-state index in [0.29, 0.717) is 67.3 Å². The molecule has 1 N–H and O–H groups in total. The summed E-state index contributed by atoms with van der Waals surface area (Å²) in [5, 5.41) is 8.48. The number of aromatic amines is 1. The summed E-state index contributed by atoms with van der Waals surface area (Å²) in [4.78, 5) is 28.9. The van der Waals surface area contributed by atoms with Gasteiger partial charge in [0.25, 0.3) is 0 Å². The third-order valence-electron chi connectivity index (χ3n) is 11.0. The molecule has 2 aromatic heterocycles. The molecule has 302 valence electrons. The van der Waals surface area contributed by atoms with Gasteiger partial charge >= 0.3 is 18.3 Å². The molecule has 1 spiro atoms. The number of ether oxygens (including phenoxy) is 4. The molecule has 3 fully saturated rings. The highest BCUT2D eigenvalue weighted by molar-refractivity contribution is 6.07. The Balaban J connectivity index is 1.28. The number of amides is 1. The van der Waals surface area contributed by atoms with Crippen molar-refractivity contribution in [1.29, 1.82) is 0 Å². The average molecular weight is 780 g/mol. The summed E-state index contributed by atoms with van der Waals surface area (Å²) in [5.74, 6) is 0.535. The van der Waals surface area contributed by atoms with Gasteiger partial charge in [0.1, 0.15) is 23.0 Å². The first-order valence-corrected chi connectivity index (χ1v) is 19.5. The molecule has 0 atom stereocenters. The molecule has 0 radical (unpaired) electrons. The summed E-state index contributed by atoms with van der Waals surface area (Å²) in [6.07, 6.45) is 1.24. The van der Waals surface area contributed by atoms with Crippen LogP contribution in [0.25, 0.3) is 39.0 Å². The van der Waals surface area contributed by atoms with Crippen molar-refractivity contribution >= 4 is 39.8 Å². The summed E-state index contributed by atoms with van der Waals surface area (Å²) >= 11 is 0. The molecule has 2 aromatic carbocycles. The number of carbonyl (C=O) groups is 1. The van der Waals surface area contributed by atoms with Gasteiger partial charge in [0.05, 0.1) is 18.3 Å². The van der Waals surface area contributed by atoms with Gasteiger partial charge in [0.15, 0.2) is 12.4 Å². The normalized spacial score (nSPS) is 18.1. The van der Waals surface area contributed by atoms with Gasteiger partial charge in [-0.25, -0.2) is 4.79 Å². The van der Waals surface area contributed by atoms with E-state index in [-0.39, 0.29) is 34.9 Å². The van der Waals surface area contributed by atoms with Crippen LogP contribution in [0.15, 0.2) is 31.0 Å². The fourth-order valence-electron chi connectivity index (χ4n) is 8.15. The SMILES string of the molecule is C=Cc1cc2c(N3CCC4(CC3)CN(C(=O)OC(C)(C)C)C4)nc(OC3CCN(CCOCC)CC3)nc2c(OCC(F)(F)F)c1-c1c(C)ccc2[nH]ncc12. The second-order valence-corrected chi connectivity index (χ2v) is 16.3. The van der Waals surface area contributed by atoms with Crippen LogP contribution in [0.2, 0.25) is 0 Å². The molecule has 0 aliphatic carbocycles. The third-order valence-corrected chi connectivity index (χ3v) is 11.0. The van der Waals surface area contributed by atoms with Gasteiger partial charge in [0.2, 0.25) is 0 Å². The second kappa shape index (κ2) is 15.7. The molecule has 5 heterocycles.